The Morgan fingerprint density at radius 1 is 1.56 bits per heavy atom. The maximum absolute atomic E-state index is 4.46. The van der Waals surface area contributed by atoms with Crippen LogP contribution in [0.5, 0.6) is 0 Å². The SMILES string of the molecule is CCC(NCC(C)c1ncc(C)s1)C1CC1. The van der Waals surface area contributed by atoms with Crippen LogP contribution in [0.25, 0.3) is 0 Å². The van der Waals surface area contributed by atoms with E-state index in [0.29, 0.717) is 5.92 Å². The normalized spacial score (nSPS) is 19.7. The number of hydrogen-bond donors (Lipinski definition) is 1. The van der Waals surface area contributed by atoms with E-state index in [1.807, 2.05) is 17.5 Å². The van der Waals surface area contributed by atoms with Crippen molar-refractivity contribution in [2.45, 2.75) is 52.0 Å². The summed E-state index contributed by atoms with van der Waals surface area (Å²) in [6, 6.07) is 0.739. The molecule has 0 radical (unpaired) electrons. The van der Waals surface area contributed by atoms with Crippen LogP contribution in [0.4, 0.5) is 0 Å². The molecule has 1 aromatic heterocycles. The number of thiazole rings is 1. The highest BCUT2D eigenvalue weighted by Crippen LogP contribution is 2.34. The van der Waals surface area contributed by atoms with Crippen molar-refractivity contribution in [3.8, 4) is 0 Å². The molecule has 0 aliphatic heterocycles. The fourth-order valence-electron chi connectivity index (χ4n) is 2.16. The van der Waals surface area contributed by atoms with E-state index in [4.69, 9.17) is 0 Å². The monoisotopic (exact) mass is 238 g/mol. The molecule has 1 heterocycles. The second kappa shape index (κ2) is 5.28. The predicted molar refractivity (Wildman–Crippen MR) is 70.1 cm³/mol. The summed E-state index contributed by atoms with van der Waals surface area (Å²) in [5, 5.41) is 4.98. The Morgan fingerprint density at radius 3 is 2.81 bits per heavy atom. The van der Waals surface area contributed by atoms with Gasteiger partial charge in [0.15, 0.2) is 0 Å². The Morgan fingerprint density at radius 2 is 2.31 bits per heavy atom. The Balaban J connectivity index is 1.80. The molecule has 1 saturated carbocycles. The molecule has 0 saturated heterocycles. The highest BCUT2D eigenvalue weighted by molar-refractivity contribution is 7.11. The second-order valence-corrected chi connectivity index (χ2v) is 6.24. The number of aromatic nitrogens is 1. The van der Waals surface area contributed by atoms with Gasteiger partial charge in [0, 0.05) is 29.6 Å². The zero-order valence-corrected chi connectivity index (χ0v) is 11.3. The molecule has 16 heavy (non-hydrogen) atoms. The molecule has 1 fully saturated rings. The van der Waals surface area contributed by atoms with Gasteiger partial charge in [-0.05, 0) is 32.1 Å². The maximum Gasteiger partial charge on any atom is 0.0968 e. The zero-order chi connectivity index (χ0) is 11.5. The summed E-state index contributed by atoms with van der Waals surface area (Å²) in [5.74, 6) is 1.50. The molecular formula is C13H22N2S. The fraction of sp³-hybridized carbons (Fsp3) is 0.769. The van der Waals surface area contributed by atoms with E-state index in [0.717, 1.165) is 18.5 Å². The van der Waals surface area contributed by atoms with Crippen LogP contribution in [-0.2, 0) is 0 Å². The summed E-state index contributed by atoms with van der Waals surface area (Å²) in [6.07, 6.45) is 6.09. The van der Waals surface area contributed by atoms with Crippen LogP contribution in [0.15, 0.2) is 6.20 Å². The number of aryl methyl sites for hydroxylation is 1. The van der Waals surface area contributed by atoms with Crippen molar-refractivity contribution in [2.75, 3.05) is 6.54 Å². The Labute approximate surface area is 102 Å². The molecule has 2 rings (SSSR count). The van der Waals surface area contributed by atoms with Crippen molar-refractivity contribution in [3.05, 3.63) is 16.1 Å². The fourth-order valence-corrected chi connectivity index (χ4v) is 2.98. The molecule has 1 aliphatic carbocycles. The zero-order valence-electron chi connectivity index (χ0n) is 10.5. The van der Waals surface area contributed by atoms with Crippen LogP contribution in [0.1, 0.15) is 48.9 Å². The Bertz CT molecular complexity index is 330. The van der Waals surface area contributed by atoms with Crippen LogP contribution in [0.3, 0.4) is 0 Å². The van der Waals surface area contributed by atoms with Gasteiger partial charge < -0.3 is 5.32 Å². The molecule has 0 amide bonds. The van der Waals surface area contributed by atoms with Crippen LogP contribution in [0, 0.1) is 12.8 Å². The average Bonchev–Trinajstić information content (AvgIpc) is 3.01. The summed E-state index contributed by atoms with van der Waals surface area (Å²) in [4.78, 5) is 5.77. The summed E-state index contributed by atoms with van der Waals surface area (Å²) in [7, 11) is 0. The minimum atomic E-state index is 0.548. The molecule has 1 aromatic rings. The quantitative estimate of drug-likeness (QED) is 0.822. The lowest BCUT2D eigenvalue weighted by Gasteiger charge is -2.18. The summed E-state index contributed by atoms with van der Waals surface area (Å²) in [5.41, 5.74) is 0. The third-order valence-electron chi connectivity index (χ3n) is 3.38. The van der Waals surface area contributed by atoms with Gasteiger partial charge in [-0.1, -0.05) is 13.8 Å². The van der Waals surface area contributed by atoms with Gasteiger partial charge in [0.1, 0.15) is 0 Å². The van der Waals surface area contributed by atoms with Crippen molar-refractivity contribution in [2.24, 2.45) is 5.92 Å². The van der Waals surface area contributed by atoms with Gasteiger partial charge >= 0.3 is 0 Å². The predicted octanol–water partition coefficient (Wildman–Crippen LogP) is 3.33. The van der Waals surface area contributed by atoms with E-state index in [9.17, 15) is 0 Å². The van der Waals surface area contributed by atoms with Gasteiger partial charge in [0.25, 0.3) is 0 Å². The molecule has 0 bridgehead atoms. The molecule has 1 N–H and O–H groups in total. The lowest BCUT2D eigenvalue weighted by molar-refractivity contribution is 0.436. The standard InChI is InChI=1S/C13H22N2S/c1-4-12(11-5-6-11)14-7-9(2)13-15-8-10(3)16-13/h8-9,11-12,14H,4-7H2,1-3H3. The number of nitrogens with zero attached hydrogens (tertiary/aromatic N) is 1. The molecule has 2 unspecified atom stereocenters. The first-order chi connectivity index (χ1) is 7.70. The van der Waals surface area contributed by atoms with E-state index in [1.165, 1.54) is 29.1 Å². The van der Waals surface area contributed by atoms with Crippen molar-refractivity contribution >= 4 is 11.3 Å². The maximum atomic E-state index is 4.46. The molecule has 1 aliphatic rings. The molecule has 0 aromatic carbocycles. The van der Waals surface area contributed by atoms with E-state index in [1.54, 1.807) is 0 Å². The minimum Gasteiger partial charge on any atom is -0.313 e. The van der Waals surface area contributed by atoms with Crippen LogP contribution >= 0.6 is 11.3 Å². The summed E-state index contributed by atoms with van der Waals surface area (Å²) >= 11 is 1.83. The lowest BCUT2D eigenvalue weighted by atomic mass is 10.1. The van der Waals surface area contributed by atoms with Crippen molar-refractivity contribution < 1.29 is 0 Å². The number of hydrogen-bond acceptors (Lipinski definition) is 3. The minimum absolute atomic E-state index is 0.548. The van der Waals surface area contributed by atoms with Crippen molar-refractivity contribution in [1.82, 2.24) is 10.3 Å². The second-order valence-electron chi connectivity index (χ2n) is 4.97. The van der Waals surface area contributed by atoms with E-state index >= 15 is 0 Å². The topological polar surface area (TPSA) is 24.9 Å². The average molecular weight is 238 g/mol. The highest BCUT2D eigenvalue weighted by atomic mass is 32.1. The molecule has 3 heteroatoms. The lowest BCUT2D eigenvalue weighted by Crippen LogP contribution is -2.33. The largest absolute Gasteiger partial charge is 0.313 e. The van der Waals surface area contributed by atoms with E-state index < -0.39 is 0 Å². The van der Waals surface area contributed by atoms with Gasteiger partial charge in [-0.2, -0.15) is 0 Å². The van der Waals surface area contributed by atoms with Crippen molar-refractivity contribution in [3.63, 3.8) is 0 Å². The van der Waals surface area contributed by atoms with E-state index in [-0.39, 0.29) is 0 Å². The first-order valence-corrected chi connectivity index (χ1v) is 7.18. The third kappa shape index (κ3) is 3.05. The first-order valence-electron chi connectivity index (χ1n) is 6.36. The van der Waals surface area contributed by atoms with Gasteiger partial charge in [0.2, 0.25) is 0 Å². The smallest absolute Gasteiger partial charge is 0.0968 e. The van der Waals surface area contributed by atoms with Gasteiger partial charge in [-0.15, -0.1) is 11.3 Å². The van der Waals surface area contributed by atoms with Crippen molar-refractivity contribution in [1.29, 1.82) is 0 Å². The van der Waals surface area contributed by atoms with Crippen LogP contribution in [-0.4, -0.2) is 17.6 Å². The van der Waals surface area contributed by atoms with Gasteiger partial charge in [-0.3, -0.25) is 0 Å². The van der Waals surface area contributed by atoms with Crippen LogP contribution in [0.2, 0.25) is 0 Å². The van der Waals surface area contributed by atoms with Crippen LogP contribution < -0.4 is 5.32 Å². The van der Waals surface area contributed by atoms with Gasteiger partial charge in [0.05, 0.1) is 5.01 Å². The molecule has 0 spiro atoms. The molecule has 2 atom stereocenters. The Hall–Kier alpha value is -0.410. The first kappa shape index (κ1) is 12.1. The van der Waals surface area contributed by atoms with Gasteiger partial charge in [-0.25, -0.2) is 4.98 Å². The summed E-state index contributed by atoms with van der Waals surface area (Å²) in [6.45, 7) is 7.75. The molecule has 90 valence electrons. The third-order valence-corrected chi connectivity index (χ3v) is 4.52. The summed E-state index contributed by atoms with van der Waals surface area (Å²) < 4.78 is 0. The molecule has 2 nitrogen and oxygen atoms in total. The Kier molecular flexibility index (Phi) is 3.98. The van der Waals surface area contributed by atoms with E-state index in [2.05, 4.69) is 31.1 Å². The number of nitrogens with one attached hydrogen (secondary N) is 1. The molecular weight excluding hydrogens is 216 g/mol. The number of rotatable bonds is 6. The highest BCUT2D eigenvalue weighted by Gasteiger charge is 2.29.